The van der Waals surface area contributed by atoms with E-state index in [-0.39, 0.29) is 24.1 Å². The van der Waals surface area contributed by atoms with Crippen molar-refractivity contribution in [2.75, 3.05) is 18.9 Å². The van der Waals surface area contributed by atoms with E-state index in [1.807, 2.05) is 31.2 Å². The van der Waals surface area contributed by atoms with Crippen molar-refractivity contribution in [1.29, 1.82) is 0 Å². The third-order valence-electron chi connectivity index (χ3n) is 3.85. The fourth-order valence-electron chi connectivity index (χ4n) is 2.42. The van der Waals surface area contributed by atoms with Gasteiger partial charge in [0.25, 0.3) is 5.91 Å². The van der Waals surface area contributed by atoms with E-state index in [4.69, 9.17) is 9.15 Å². The molecule has 0 radical (unpaired) electrons. The van der Waals surface area contributed by atoms with Crippen LogP contribution in [-0.2, 0) is 4.79 Å². The second-order valence-corrected chi connectivity index (χ2v) is 6.13. The molecule has 1 heterocycles. The van der Waals surface area contributed by atoms with Gasteiger partial charge in [0.15, 0.2) is 5.76 Å². The van der Waals surface area contributed by atoms with Gasteiger partial charge in [-0.3, -0.25) is 9.59 Å². The average Bonchev–Trinajstić information content (AvgIpc) is 3.19. The number of amides is 2. The summed E-state index contributed by atoms with van der Waals surface area (Å²) in [6.07, 6.45) is 1.42. The molecule has 0 saturated heterocycles. The van der Waals surface area contributed by atoms with Gasteiger partial charge in [-0.1, -0.05) is 17.7 Å². The van der Waals surface area contributed by atoms with Crippen molar-refractivity contribution >= 4 is 17.5 Å². The molecule has 2 aromatic carbocycles. The summed E-state index contributed by atoms with van der Waals surface area (Å²) in [5, 5.41) is 2.75. The van der Waals surface area contributed by atoms with E-state index in [0.29, 0.717) is 11.4 Å². The third kappa shape index (κ3) is 4.98. The van der Waals surface area contributed by atoms with Gasteiger partial charge < -0.3 is 19.4 Å². The minimum absolute atomic E-state index is 0.0822. The van der Waals surface area contributed by atoms with Crippen LogP contribution in [0.5, 0.6) is 11.5 Å². The van der Waals surface area contributed by atoms with E-state index in [1.165, 1.54) is 11.2 Å². The van der Waals surface area contributed by atoms with Crippen molar-refractivity contribution in [2.45, 2.75) is 6.92 Å². The molecule has 1 N–H and O–H groups in total. The maximum atomic E-state index is 12.1. The number of likely N-dealkylation sites (N-methyl/N-ethyl adjacent to an activating group) is 1. The molecular weight excluding hydrogens is 344 g/mol. The fourth-order valence-corrected chi connectivity index (χ4v) is 2.42. The molecule has 0 aliphatic rings. The van der Waals surface area contributed by atoms with Gasteiger partial charge >= 0.3 is 0 Å². The molecule has 0 spiro atoms. The van der Waals surface area contributed by atoms with Gasteiger partial charge in [-0.2, -0.15) is 0 Å². The number of hydrogen-bond acceptors (Lipinski definition) is 4. The molecule has 0 atom stereocenters. The standard InChI is InChI=1S/C21H20N2O4/c1-15-5-9-17(10-6-15)27-18-11-7-16(8-12-18)22-20(24)14-23(2)21(25)19-4-3-13-26-19/h3-13H,14H2,1-2H3,(H,22,24). The van der Waals surface area contributed by atoms with E-state index in [1.54, 1.807) is 43.4 Å². The maximum absolute atomic E-state index is 12.1. The number of furan rings is 1. The lowest BCUT2D eigenvalue weighted by molar-refractivity contribution is -0.116. The number of nitrogens with zero attached hydrogens (tertiary/aromatic N) is 1. The summed E-state index contributed by atoms with van der Waals surface area (Å²) in [5.41, 5.74) is 1.78. The Labute approximate surface area is 157 Å². The Balaban J connectivity index is 1.53. The highest BCUT2D eigenvalue weighted by atomic mass is 16.5. The smallest absolute Gasteiger partial charge is 0.289 e. The molecule has 0 unspecified atom stereocenters. The Hall–Kier alpha value is -3.54. The van der Waals surface area contributed by atoms with Crippen LogP contribution in [0.25, 0.3) is 0 Å². The van der Waals surface area contributed by atoms with E-state index in [9.17, 15) is 9.59 Å². The SMILES string of the molecule is Cc1ccc(Oc2ccc(NC(=O)CN(C)C(=O)c3ccco3)cc2)cc1. The monoisotopic (exact) mass is 364 g/mol. The molecule has 2 amide bonds. The first-order chi connectivity index (χ1) is 13.0. The van der Waals surface area contributed by atoms with Crippen molar-refractivity contribution in [2.24, 2.45) is 0 Å². The number of rotatable bonds is 6. The van der Waals surface area contributed by atoms with E-state index in [2.05, 4.69) is 5.32 Å². The van der Waals surface area contributed by atoms with Crippen LogP contribution in [0.4, 0.5) is 5.69 Å². The first-order valence-corrected chi connectivity index (χ1v) is 8.45. The minimum atomic E-state index is -0.350. The van der Waals surface area contributed by atoms with E-state index >= 15 is 0 Å². The predicted molar refractivity (Wildman–Crippen MR) is 102 cm³/mol. The van der Waals surface area contributed by atoms with Gasteiger partial charge in [0, 0.05) is 12.7 Å². The Morgan fingerprint density at radius 1 is 1.00 bits per heavy atom. The number of benzene rings is 2. The zero-order valence-corrected chi connectivity index (χ0v) is 15.1. The molecule has 0 fully saturated rings. The topological polar surface area (TPSA) is 71.8 Å². The summed E-state index contributed by atoms with van der Waals surface area (Å²) >= 11 is 0. The molecule has 0 bridgehead atoms. The maximum Gasteiger partial charge on any atom is 0.289 e. The number of carbonyl (C=O) groups excluding carboxylic acids is 2. The van der Waals surface area contributed by atoms with Crippen molar-refractivity contribution in [3.05, 3.63) is 78.3 Å². The largest absolute Gasteiger partial charge is 0.459 e. The molecule has 27 heavy (non-hydrogen) atoms. The summed E-state index contributed by atoms with van der Waals surface area (Å²) in [4.78, 5) is 25.5. The second-order valence-electron chi connectivity index (χ2n) is 6.13. The van der Waals surface area contributed by atoms with Gasteiger partial charge in [0.1, 0.15) is 11.5 Å². The molecule has 0 aliphatic heterocycles. The molecule has 138 valence electrons. The summed E-state index contributed by atoms with van der Waals surface area (Å²) < 4.78 is 10.8. The number of carbonyl (C=O) groups is 2. The van der Waals surface area contributed by atoms with E-state index < -0.39 is 0 Å². The highest BCUT2D eigenvalue weighted by molar-refractivity contribution is 5.97. The zero-order valence-electron chi connectivity index (χ0n) is 15.1. The normalized spacial score (nSPS) is 10.3. The highest BCUT2D eigenvalue weighted by Crippen LogP contribution is 2.23. The van der Waals surface area contributed by atoms with Crippen molar-refractivity contribution < 1.29 is 18.7 Å². The molecule has 6 nitrogen and oxygen atoms in total. The number of nitrogens with one attached hydrogen (secondary N) is 1. The molecular formula is C21H20N2O4. The van der Waals surface area contributed by atoms with Crippen LogP contribution in [-0.4, -0.2) is 30.3 Å². The summed E-state index contributed by atoms with van der Waals surface area (Å²) in [6.45, 7) is 1.93. The zero-order chi connectivity index (χ0) is 19.2. The Kier molecular flexibility index (Phi) is 5.56. The summed E-state index contributed by atoms with van der Waals surface area (Å²) in [7, 11) is 1.54. The van der Waals surface area contributed by atoms with Crippen LogP contribution in [0.1, 0.15) is 16.1 Å². The highest BCUT2D eigenvalue weighted by Gasteiger charge is 2.17. The minimum Gasteiger partial charge on any atom is -0.459 e. The van der Waals surface area contributed by atoms with Crippen LogP contribution in [0, 0.1) is 6.92 Å². The second kappa shape index (κ2) is 8.23. The Morgan fingerprint density at radius 3 is 2.22 bits per heavy atom. The van der Waals surface area contributed by atoms with Gasteiger partial charge in [-0.15, -0.1) is 0 Å². The Morgan fingerprint density at radius 2 is 1.63 bits per heavy atom. The van der Waals surface area contributed by atoms with Gasteiger partial charge in [-0.05, 0) is 55.5 Å². The van der Waals surface area contributed by atoms with Gasteiger partial charge in [0.2, 0.25) is 5.91 Å². The summed E-state index contributed by atoms with van der Waals surface area (Å²) in [6, 6.07) is 18.0. The lowest BCUT2D eigenvalue weighted by Gasteiger charge is -2.15. The predicted octanol–water partition coefficient (Wildman–Crippen LogP) is 4.09. The van der Waals surface area contributed by atoms with Crippen LogP contribution < -0.4 is 10.1 Å². The summed E-state index contributed by atoms with van der Waals surface area (Å²) in [5.74, 6) is 0.960. The Bertz CT molecular complexity index is 900. The van der Waals surface area contributed by atoms with Crippen molar-refractivity contribution in [3.63, 3.8) is 0 Å². The first kappa shape index (κ1) is 18.3. The number of hydrogen-bond donors (Lipinski definition) is 1. The van der Waals surface area contributed by atoms with Crippen molar-refractivity contribution in [1.82, 2.24) is 4.90 Å². The third-order valence-corrected chi connectivity index (χ3v) is 3.85. The van der Waals surface area contributed by atoms with Crippen molar-refractivity contribution in [3.8, 4) is 11.5 Å². The molecule has 1 aromatic heterocycles. The molecule has 6 heteroatoms. The number of ether oxygens (including phenoxy) is 1. The molecule has 0 saturated carbocycles. The lowest BCUT2D eigenvalue weighted by Crippen LogP contribution is -2.34. The molecule has 3 rings (SSSR count). The van der Waals surface area contributed by atoms with Crippen LogP contribution in [0.3, 0.4) is 0 Å². The van der Waals surface area contributed by atoms with Crippen LogP contribution in [0.2, 0.25) is 0 Å². The van der Waals surface area contributed by atoms with Crippen LogP contribution in [0.15, 0.2) is 71.3 Å². The molecule has 3 aromatic rings. The van der Waals surface area contributed by atoms with Gasteiger partial charge in [-0.25, -0.2) is 0 Å². The van der Waals surface area contributed by atoms with Crippen LogP contribution >= 0.6 is 0 Å². The molecule has 0 aliphatic carbocycles. The lowest BCUT2D eigenvalue weighted by atomic mass is 10.2. The fraction of sp³-hybridized carbons (Fsp3) is 0.143. The number of anilines is 1. The number of aryl methyl sites for hydroxylation is 1. The average molecular weight is 364 g/mol. The van der Waals surface area contributed by atoms with Gasteiger partial charge in [0.05, 0.1) is 12.8 Å². The quantitative estimate of drug-likeness (QED) is 0.715. The van der Waals surface area contributed by atoms with E-state index in [0.717, 1.165) is 11.3 Å². The first-order valence-electron chi connectivity index (χ1n) is 8.45.